The molecular weight excluding hydrogens is 228 g/mol. The van der Waals surface area contributed by atoms with Gasteiger partial charge in [0.2, 0.25) is 0 Å². The fourth-order valence-corrected chi connectivity index (χ4v) is 2.72. The summed E-state index contributed by atoms with van der Waals surface area (Å²) in [6, 6.07) is 0.637. The molecule has 0 aromatic heterocycles. The van der Waals surface area contributed by atoms with E-state index in [1.807, 2.05) is 6.92 Å². The Morgan fingerprint density at radius 1 is 1.44 bits per heavy atom. The number of nitrogens with zero attached hydrogens (tertiary/aromatic N) is 1. The van der Waals surface area contributed by atoms with Gasteiger partial charge in [-0.05, 0) is 26.2 Å². The molecule has 0 radical (unpaired) electrons. The second kappa shape index (κ2) is 7.10. The molecule has 4 heteroatoms. The molecule has 106 valence electrons. The van der Waals surface area contributed by atoms with E-state index < -0.39 is 0 Å². The van der Waals surface area contributed by atoms with Crippen LogP contribution in [0.5, 0.6) is 0 Å². The summed E-state index contributed by atoms with van der Waals surface area (Å²) in [5.74, 6) is 0.597. The predicted molar refractivity (Wildman–Crippen MR) is 73.5 cm³/mol. The lowest BCUT2D eigenvalue weighted by molar-refractivity contribution is -0.146. The number of ether oxygens (including phenoxy) is 1. The molecule has 1 heterocycles. The van der Waals surface area contributed by atoms with E-state index in [0.717, 1.165) is 19.0 Å². The molecule has 1 fully saturated rings. The van der Waals surface area contributed by atoms with Crippen molar-refractivity contribution in [3.8, 4) is 0 Å². The first-order chi connectivity index (χ1) is 8.43. The van der Waals surface area contributed by atoms with Gasteiger partial charge >= 0.3 is 5.97 Å². The van der Waals surface area contributed by atoms with Crippen LogP contribution >= 0.6 is 0 Å². The van der Waals surface area contributed by atoms with Crippen LogP contribution < -0.4 is 5.32 Å². The van der Waals surface area contributed by atoms with E-state index in [-0.39, 0.29) is 18.1 Å². The standard InChI is InChI=1S/C14H28N2O2/c1-6-18-14(17)13(15-10(2)3)9-16-8-11(4)7-12(16)5/h10-13,15H,6-9H2,1-5H3. The molecule has 0 aromatic carbocycles. The van der Waals surface area contributed by atoms with Gasteiger partial charge in [0.15, 0.2) is 0 Å². The highest BCUT2D eigenvalue weighted by Gasteiger charge is 2.31. The SMILES string of the molecule is CCOC(=O)C(CN1CC(C)CC1C)NC(C)C. The van der Waals surface area contributed by atoms with Gasteiger partial charge in [-0.1, -0.05) is 20.8 Å². The van der Waals surface area contributed by atoms with Gasteiger partial charge in [0.1, 0.15) is 6.04 Å². The number of esters is 1. The number of hydrogen-bond donors (Lipinski definition) is 1. The summed E-state index contributed by atoms with van der Waals surface area (Å²) in [6.45, 7) is 12.8. The summed E-state index contributed by atoms with van der Waals surface area (Å²) >= 11 is 0. The lowest BCUT2D eigenvalue weighted by Crippen LogP contribution is -2.50. The zero-order valence-corrected chi connectivity index (χ0v) is 12.4. The lowest BCUT2D eigenvalue weighted by Gasteiger charge is -2.27. The number of likely N-dealkylation sites (tertiary alicyclic amines) is 1. The third-order valence-electron chi connectivity index (χ3n) is 3.44. The van der Waals surface area contributed by atoms with Crippen molar-refractivity contribution in [2.45, 2.75) is 59.2 Å². The van der Waals surface area contributed by atoms with Crippen LogP contribution in [0.4, 0.5) is 0 Å². The van der Waals surface area contributed by atoms with E-state index in [4.69, 9.17) is 4.74 Å². The Hall–Kier alpha value is -0.610. The summed E-state index contributed by atoms with van der Waals surface area (Å²) in [7, 11) is 0. The Balaban J connectivity index is 2.57. The van der Waals surface area contributed by atoms with Gasteiger partial charge in [-0.3, -0.25) is 9.69 Å². The first kappa shape index (κ1) is 15.4. The van der Waals surface area contributed by atoms with Crippen molar-refractivity contribution in [2.75, 3.05) is 19.7 Å². The van der Waals surface area contributed by atoms with E-state index >= 15 is 0 Å². The first-order valence-corrected chi connectivity index (χ1v) is 7.10. The molecule has 1 rings (SSSR count). The molecule has 0 amide bonds. The fourth-order valence-electron chi connectivity index (χ4n) is 2.72. The maximum Gasteiger partial charge on any atom is 0.324 e. The number of rotatable bonds is 6. The summed E-state index contributed by atoms with van der Waals surface area (Å²) in [6.07, 6.45) is 1.22. The molecule has 0 saturated carbocycles. The summed E-state index contributed by atoms with van der Waals surface area (Å²) in [4.78, 5) is 14.3. The van der Waals surface area contributed by atoms with E-state index in [1.54, 1.807) is 0 Å². The zero-order valence-electron chi connectivity index (χ0n) is 12.4. The van der Waals surface area contributed by atoms with Crippen LogP contribution in [0.1, 0.15) is 41.0 Å². The van der Waals surface area contributed by atoms with Gasteiger partial charge < -0.3 is 10.1 Å². The largest absolute Gasteiger partial charge is 0.465 e. The molecule has 3 unspecified atom stereocenters. The number of carbonyl (C=O) groups is 1. The normalized spacial score (nSPS) is 26.6. The minimum Gasteiger partial charge on any atom is -0.465 e. The number of carbonyl (C=O) groups excluding carboxylic acids is 1. The highest BCUT2D eigenvalue weighted by atomic mass is 16.5. The molecule has 18 heavy (non-hydrogen) atoms. The highest BCUT2D eigenvalue weighted by molar-refractivity contribution is 5.76. The molecule has 0 aromatic rings. The van der Waals surface area contributed by atoms with E-state index in [9.17, 15) is 4.79 Å². The van der Waals surface area contributed by atoms with Gasteiger partial charge in [0.05, 0.1) is 6.61 Å². The van der Waals surface area contributed by atoms with Crippen molar-refractivity contribution in [2.24, 2.45) is 5.92 Å². The van der Waals surface area contributed by atoms with E-state index in [2.05, 4.69) is 37.9 Å². The maximum absolute atomic E-state index is 11.9. The Labute approximate surface area is 111 Å². The van der Waals surface area contributed by atoms with Crippen molar-refractivity contribution >= 4 is 5.97 Å². The third-order valence-corrected chi connectivity index (χ3v) is 3.44. The molecule has 1 saturated heterocycles. The highest BCUT2D eigenvalue weighted by Crippen LogP contribution is 2.22. The van der Waals surface area contributed by atoms with E-state index in [1.165, 1.54) is 6.42 Å². The summed E-state index contributed by atoms with van der Waals surface area (Å²) < 4.78 is 5.15. The van der Waals surface area contributed by atoms with Crippen LogP contribution in [-0.4, -0.2) is 48.7 Å². The van der Waals surface area contributed by atoms with Gasteiger partial charge in [-0.2, -0.15) is 0 Å². The Morgan fingerprint density at radius 3 is 2.56 bits per heavy atom. The topological polar surface area (TPSA) is 41.6 Å². The predicted octanol–water partition coefficient (Wildman–Crippen LogP) is 1.65. The monoisotopic (exact) mass is 256 g/mol. The average molecular weight is 256 g/mol. The molecule has 0 bridgehead atoms. The molecular formula is C14H28N2O2. The Kier molecular flexibility index (Phi) is 6.09. The quantitative estimate of drug-likeness (QED) is 0.734. The molecule has 1 aliphatic rings. The third kappa shape index (κ3) is 4.58. The van der Waals surface area contributed by atoms with Crippen molar-refractivity contribution in [3.63, 3.8) is 0 Å². The van der Waals surface area contributed by atoms with Crippen molar-refractivity contribution in [3.05, 3.63) is 0 Å². The molecule has 0 spiro atoms. The van der Waals surface area contributed by atoms with Crippen LogP contribution in [0.2, 0.25) is 0 Å². The van der Waals surface area contributed by atoms with E-state index in [0.29, 0.717) is 12.6 Å². The number of nitrogens with one attached hydrogen (secondary N) is 1. The molecule has 3 atom stereocenters. The van der Waals surface area contributed by atoms with Crippen LogP contribution in [0.3, 0.4) is 0 Å². The number of hydrogen-bond acceptors (Lipinski definition) is 4. The van der Waals surface area contributed by atoms with Crippen molar-refractivity contribution in [1.29, 1.82) is 0 Å². The Morgan fingerprint density at radius 2 is 2.11 bits per heavy atom. The minimum atomic E-state index is -0.210. The lowest BCUT2D eigenvalue weighted by atomic mass is 10.1. The van der Waals surface area contributed by atoms with Crippen LogP contribution in [0.25, 0.3) is 0 Å². The fraction of sp³-hybridized carbons (Fsp3) is 0.929. The van der Waals surface area contributed by atoms with Gasteiger partial charge in [0.25, 0.3) is 0 Å². The zero-order chi connectivity index (χ0) is 13.7. The van der Waals surface area contributed by atoms with Gasteiger partial charge in [0, 0.05) is 25.2 Å². The van der Waals surface area contributed by atoms with Crippen LogP contribution in [-0.2, 0) is 9.53 Å². The van der Waals surface area contributed by atoms with Crippen molar-refractivity contribution < 1.29 is 9.53 Å². The first-order valence-electron chi connectivity index (χ1n) is 7.10. The maximum atomic E-state index is 11.9. The molecule has 1 aliphatic heterocycles. The smallest absolute Gasteiger partial charge is 0.324 e. The van der Waals surface area contributed by atoms with Crippen LogP contribution in [0.15, 0.2) is 0 Å². The van der Waals surface area contributed by atoms with Crippen molar-refractivity contribution in [1.82, 2.24) is 10.2 Å². The minimum absolute atomic E-state index is 0.127. The second-order valence-corrected chi connectivity index (χ2v) is 5.77. The molecule has 1 N–H and O–H groups in total. The van der Waals surface area contributed by atoms with Gasteiger partial charge in [-0.15, -0.1) is 0 Å². The molecule has 4 nitrogen and oxygen atoms in total. The second-order valence-electron chi connectivity index (χ2n) is 5.77. The van der Waals surface area contributed by atoms with Crippen LogP contribution in [0, 0.1) is 5.92 Å². The Bertz CT molecular complexity index is 269. The summed E-state index contributed by atoms with van der Waals surface area (Å²) in [5, 5.41) is 3.31. The summed E-state index contributed by atoms with van der Waals surface area (Å²) in [5.41, 5.74) is 0. The molecule has 0 aliphatic carbocycles. The average Bonchev–Trinajstić information content (AvgIpc) is 2.56. The van der Waals surface area contributed by atoms with Gasteiger partial charge in [-0.25, -0.2) is 0 Å².